The highest BCUT2D eigenvalue weighted by Gasteiger charge is 2.37. The third-order valence-corrected chi connectivity index (χ3v) is 4.12. The molecule has 0 amide bonds. The zero-order valence-electron chi connectivity index (χ0n) is 11.5. The van der Waals surface area contributed by atoms with Gasteiger partial charge in [-0.05, 0) is 45.8 Å². The van der Waals surface area contributed by atoms with Crippen LogP contribution in [0, 0.1) is 11.6 Å². The Morgan fingerprint density at radius 3 is 2.42 bits per heavy atom. The highest BCUT2D eigenvalue weighted by molar-refractivity contribution is 5.24. The maximum atomic E-state index is 13.8. The van der Waals surface area contributed by atoms with Gasteiger partial charge in [-0.25, -0.2) is 8.78 Å². The van der Waals surface area contributed by atoms with Gasteiger partial charge in [-0.15, -0.1) is 0 Å². The number of hydrogen-bond acceptors (Lipinski definition) is 2. The molecule has 0 radical (unpaired) electrons. The molecule has 1 aromatic carbocycles. The second-order valence-corrected chi connectivity index (χ2v) is 5.75. The Morgan fingerprint density at radius 1 is 1.16 bits per heavy atom. The molecule has 1 aromatic rings. The topological polar surface area (TPSA) is 23.5 Å². The van der Waals surface area contributed by atoms with Crippen molar-refractivity contribution in [2.75, 3.05) is 13.1 Å². The fraction of sp³-hybridized carbons (Fsp3) is 0.600. The molecule has 106 valence electrons. The van der Waals surface area contributed by atoms with Gasteiger partial charge in [-0.2, -0.15) is 0 Å². The van der Waals surface area contributed by atoms with Crippen molar-refractivity contribution >= 4 is 0 Å². The summed E-state index contributed by atoms with van der Waals surface area (Å²) in [6, 6.07) is 3.96. The summed E-state index contributed by atoms with van der Waals surface area (Å²) in [5.74, 6) is -1.86. The van der Waals surface area contributed by atoms with Crippen LogP contribution in [0.5, 0.6) is 0 Å². The summed E-state index contributed by atoms with van der Waals surface area (Å²) in [6.45, 7) is 5.54. The van der Waals surface area contributed by atoms with Crippen LogP contribution in [0.3, 0.4) is 0 Å². The third kappa shape index (κ3) is 2.79. The summed E-state index contributed by atoms with van der Waals surface area (Å²) in [5, 5.41) is 10.5. The number of nitrogens with zero attached hydrogens (tertiary/aromatic N) is 1. The second kappa shape index (κ2) is 5.55. The number of aliphatic hydroxyl groups excluding tert-OH is 1. The molecule has 19 heavy (non-hydrogen) atoms. The second-order valence-electron chi connectivity index (χ2n) is 5.75. The van der Waals surface area contributed by atoms with Crippen LogP contribution in [-0.2, 0) is 0 Å². The van der Waals surface area contributed by atoms with Gasteiger partial charge in [0, 0.05) is 11.1 Å². The van der Waals surface area contributed by atoms with Crippen LogP contribution >= 0.6 is 0 Å². The van der Waals surface area contributed by atoms with Crippen LogP contribution in [-0.4, -0.2) is 28.6 Å². The quantitative estimate of drug-likeness (QED) is 0.910. The average molecular weight is 269 g/mol. The number of benzene rings is 1. The zero-order valence-corrected chi connectivity index (χ0v) is 11.5. The van der Waals surface area contributed by atoms with Gasteiger partial charge in [0.2, 0.25) is 0 Å². The number of aliphatic hydroxyl groups is 1. The van der Waals surface area contributed by atoms with Crippen molar-refractivity contribution < 1.29 is 13.9 Å². The monoisotopic (exact) mass is 269 g/mol. The maximum Gasteiger partial charge on any atom is 0.164 e. The zero-order chi connectivity index (χ0) is 14.0. The van der Waals surface area contributed by atoms with Gasteiger partial charge in [-0.1, -0.05) is 18.6 Å². The molecule has 0 saturated carbocycles. The summed E-state index contributed by atoms with van der Waals surface area (Å²) in [7, 11) is 0. The number of halogens is 2. The Kier molecular flexibility index (Phi) is 4.21. The van der Waals surface area contributed by atoms with Crippen LogP contribution in [0.4, 0.5) is 8.78 Å². The summed E-state index contributed by atoms with van der Waals surface area (Å²) < 4.78 is 27.1. The van der Waals surface area contributed by atoms with Crippen LogP contribution in [0.2, 0.25) is 0 Å². The van der Waals surface area contributed by atoms with Crippen molar-refractivity contribution in [3.05, 3.63) is 35.4 Å². The number of hydrogen-bond donors (Lipinski definition) is 1. The number of piperidine rings is 1. The predicted octanol–water partition coefficient (Wildman–Crippen LogP) is 3.26. The predicted molar refractivity (Wildman–Crippen MR) is 70.8 cm³/mol. The molecule has 2 rings (SSSR count). The van der Waals surface area contributed by atoms with Gasteiger partial charge in [0.15, 0.2) is 11.6 Å². The average Bonchev–Trinajstić information content (AvgIpc) is 2.42. The van der Waals surface area contributed by atoms with E-state index in [1.807, 2.05) is 13.8 Å². The molecule has 0 aromatic heterocycles. The minimum atomic E-state index is -1.04. The Bertz CT molecular complexity index is 442. The molecule has 1 fully saturated rings. The molecule has 1 aliphatic rings. The summed E-state index contributed by atoms with van der Waals surface area (Å²) in [5.41, 5.74) is -0.565. The van der Waals surface area contributed by atoms with Gasteiger partial charge in [0.05, 0.1) is 6.10 Å². The van der Waals surface area contributed by atoms with Crippen molar-refractivity contribution in [3.63, 3.8) is 0 Å². The van der Waals surface area contributed by atoms with Crippen LogP contribution < -0.4 is 0 Å². The van der Waals surface area contributed by atoms with E-state index in [4.69, 9.17) is 0 Å². The molecule has 1 N–H and O–H groups in total. The van der Waals surface area contributed by atoms with Gasteiger partial charge >= 0.3 is 0 Å². The Labute approximate surface area is 113 Å². The standard InChI is InChI=1S/C15H21F2NO/c1-15(2,18-9-4-3-5-10-18)14(19)11-7-6-8-12(16)13(11)17/h6-8,14,19H,3-5,9-10H2,1-2H3. The van der Waals surface area contributed by atoms with Crippen molar-refractivity contribution in [1.29, 1.82) is 0 Å². The van der Waals surface area contributed by atoms with E-state index in [-0.39, 0.29) is 5.56 Å². The van der Waals surface area contributed by atoms with Crippen LogP contribution in [0.15, 0.2) is 18.2 Å². The molecule has 1 atom stereocenters. The number of rotatable bonds is 3. The van der Waals surface area contributed by atoms with Crippen molar-refractivity contribution in [2.45, 2.75) is 44.8 Å². The number of likely N-dealkylation sites (tertiary alicyclic amines) is 1. The van der Waals surface area contributed by atoms with E-state index in [0.717, 1.165) is 32.0 Å². The van der Waals surface area contributed by atoms with Crippen molar-refractivity contribution in [3.8, 4) is 0 Å². The lowest BCUT2D eigenvalue weighted by atomic mass is 9.87. The lowest BCUT2D eigenvalue weighted by Crippen LogP contribution is -2.50. The molecule has 0 spiro atoms. The minimum Gasteiger partial charge on any atom is -0.386 e. The molecule has 0 bridgehead atoms. The van der Waals surface area contributed by atoms with Crippen molar-refractivity contribution in [1.82, 2.24) is 4.90 Å². The van der Waals surface area contributed by atoms with Gasteiger partial charge in [-0.3, -0.25) is 4.90 Å². The van der Waals surface area contributed by atoms with E-state index >= 15 is 0 Å². The SMILES string of the molecule is CC(C)(C(O)c1cccc(F)c1F)N1CCCCC1. The fourth-order valence-corrected chi connectivity index (χ4v) is 2.76. The summed E-state index contributed by atoms with van der Waals surface area (Å²) in [6.07, 6.45) is 2.32. The molecule has 1 unspecified atom stereocenters. The smallest absolute Gasteiger partial charge is 0.164 e. The van der Waals surface area contributed by atoms with E-state index in [1.54, 1.807) is 0 Å². The van der Waals surface area contributed by atoms with Crippen LogP contribution in [0.25, 0.3) is 0 Å². The fourth-order valence-electron chi connectivity index (χ4n) is 2.76. The van der Waals surface area contributed by atoms with Gasteiger partial charge in [0.1, 0.15) is 0 Å². The Morgan fingerprint density at radius 2 is 1.79 bits per heavy atom. The van der Waals surface area contributed by atoms with E-state index in [2.05, 4.69) is 4.90 Å². The Hall–Kier alpha value is -1.00. The lowest BCUT2D eigenvalue weighted by molar-refractivity contribution is -0.0227. The Balaban J connectivity index is 2.26. The first-order chi connectivity index (χ1) is 8.94. The van der Waals surface area contributed by atoms with E-state index in [1.165, 1.54) is 18.6 Å². The molecule has 4 heteroatoms. The minimum absolute atomic E-state index is 0.0376. The molecule has 0 aliphatic carbocycles. The first-order valence-electron chi connectivity index (χ1n) is 6.81. The first-order valence-corrected chi connectivity index (χ1v) is 6.81. The molecular weight excluding hydrogens is 248 g/mol. The highest BCUT2D eigenvalue weighted by atomic mass is 19.2. The van der Waals surface area contributed by atoms with E-state index < -0.39 is 23.3 Å². The molecular formula is C15H21F2NO. The molecule has 1 saturated heterocycles. The normalized spacial score (nSPS) is 19.4. The maximum absolute atomic E-state index is 13.8. The molecule has 2 nitrogen and oxygen atoms in total. The van der Waals surface area contributed by atoms with Gasteiger partial charge in [0.25, 0.3) is 0 Å². The summed E-state index contributed by atoms with van der Waals surface area (Å²) >= 11 is 0. The van der Waals surface area contributed by atoms with E-state index in [0.29, 0.717) is 0 Å². The van der Waals surface area contributed by atoms with Gasteiger partial charge < -0.3 is 5.11 Å². The third-order valence-electron chi connectivity index (χ3n) is 4.12. The molecule has 1 aliphatic heterocycles. The van der Waals surface area contributed by atoms with Crippen LogP contribution in [0.1, 0.15) is 44.8 Å². The van der Waals surface area contributed by atoms with Crippen molar-refractivity contribution in [2.24, 2.45) is 0 Å². The molecule has 1 heterocycles. The van der Waals surface area contributed by atoms with E-state index in [9.17, 15) is 13.9 Å². The summed E-state index contributed by atoms with van der Waals surface area (Å²) in [4.78, 5) is 2.16. The lowest BCUT2D eigenvalue weighted by Gasteiger charge is -2.44. The highest BCUT2D eigenvalue weighted by Crippen LogP contribution is 2.34. The largest absolute Gasteiger partial charge is 0.386 e. The first kappa shape index (κ1) is 14.4.